The number of β-lactam (4-membered cyclic amide) rings is 1. The highest BCUT2D eigenvalue weighted by molar-refractivity contribution is 8.00. The van der Waals surface area contributed by atoms with Gasteiger partial charge in [0.1, 0.15) is 36.6 Å². The van der Waals surface area contributed by atoms with Crippen LogP contribution in [-0.4, -0.2) is 66.7 Å². The fraction of sp³-hybridized carbons (Fsp3) is 0.455. The van der Waals surface area contributed by atoms with E-state index in [1.807, 2.05) is 0 Å². The third kappa shape index (κ3) is 1.89. The first-order valence-electron chi connectivity index (χ1n) is 6.49. The van der Waals surface area contributed by atoms with Crippen LogP contribution in [0.3, 0.4) is 0 Å². The fourth-order valence-corrected chi connectivity index (χ4v) is 3.95. The molecule has 1 N–H and O–H groups in total. The smallest absolute Gasteiger partial charge is 0.355 e. The number of thioether (sulfide) groups is 1. The number of hydrogen-bond donors (Lipinski definition) is 1. The Hall–Kier alpha value is -2.43. The Morgan fingerprint density at radius 2 is 2.36 bits per heavy atom. The summed E-state index contributed by atoms with van der Waals surface area (Å²) in [7, 11) is 0. The van der Waals surface area contributed by atoms with Crippen LogP contribution in [0.1, 0.15) is 0 Å². The molecule has 0 bridgehead atoms. The zero-order valence-corrected chi connectivity index (χ0v) is 11.9. The summed E-state index contributed by atoms with van der Waals surface area (Å²) in [4.78, 5) is 37.3. The first kappa shape index (κ1) is 13.2. The average Bonchev–Trinajstić information content (AvgIpc) is 3.14. The van der Waals surface area contributed by atoms with Crippen molar-refractivity contribution in [2.24, 2.45) is 0 Å². The molecular weight excluding hydrogens is 312 g/mol. The Balaban J connectivity index is 1.45. The lowest BCUT2D eigenvalue weighted by Gasteiger charge is -2.48. The van der Waals surface area contributed by atoms with Crippen molar-refractivity contribution in [1.29, 1.82) is 0 Å². The van der Waals surface area contributed by atoms with E-state index in [0.29, 0.717) is 11.4 Å². The molecule has 0 aromatic carbocycles. The number of nitrogens with zero attached hydrogens (tertiary/aromatic N) is 5. The van der Waals surface area contributed by atoms with E-state index < -0.39 is 12.0 Å². The molecule has 1 aromatic heterocycles. The van der Waals surface area contributed by atoms with E-state index in [0.717, 1.165) is 5.57 Å². The average molecular weight is 322 g/mol. The van der Waals surface area contributed by atoms with Crippen molar-refractivity contribution in [3.05, 3.63) is 17.6 Å². The van der Waals surface area contributed by atoms with Crippen LogP contribution in [-0.2, 0) is 25.7 Å². The molecule has 1 saturated heterocycles. The molecule has 22 heavy (non-hydrogen) atoms. The third-order valence-corrected chi connectivity index (χ3v) is 4.97. The minimum atomic E-state index is -0.642. The Labute approximate surface area is 127 Å². The molecule has 1 aromatic rings. The molecule has 2 atom stereocenters. The largest absolute Gasteiger partial charge is 0.456 e. The number of tetrazole rings is 1. The van der Waals surface area contributed by atoms with E-state index in [-0.39, 0.29) is 30.3 Å². The van der Waals surface area contributed by atoms with Gasteiger partial charge in [0.25, 0.3) is 5.91 Å². The summed E-state index contributed by atoms with van der Waals surface area (Å²) in [5.74, 6) is -0.505. The minimum Gasteiger partial charge on any atom is -0.456 e. The van der Waals surface area contributed by atoms with Crippen molar-refractivity contribution in [2.45, 2.75) is 18.0 Å². The molecule has 3 aliphatic heterocycles. The maximum atomic E-state index is 12.2. The standard InChI is InChI=1S/C11H10N6O4S/c18-6(1-16-4-12-14-15-16)13-7-9(19)17-8-5(2-21-11(8)20)3-22-10(7)17/h4,7,10H,1-3H2,(H,13,18)/t7-,10-/m1/s1. The number of carbonyl (C=O) groups excluding carboxylic acids is 3. The van der Waals surface area contributed by atoms with Gasteiger partial charge in [-0.1, -0.05) is 0 Å². The SMILES string of the molecule is O=C(Cn1cnnn1)N[C@@H]1C(=O)N2C3=C(COC3=O)CS[C@H]12. The van der Waals surface area contributed by atoms with Crippen LogP contribution in [0.4, 0.5) is 0 Å². The Morgan fingerprint density at radius 1 is 1.50 bits per heavy atom. The summed E-state index contributed by atoms with van der Waals surface area (Å²) in [5.41, 5.74) is 1.18. The maximum Gasteiger partial charge on any atom is 0.355 e. The van der Waals surface area contributed by atoms with Crippen LogP contribution in [0, 0.1) is 0 Å². The molecule has 0 aliphatic carbocycles. The number of cyclic esters (lactones) is 1. The molecule has 1 fully saturated rings. The first-order valence-corrected chi connectivity index (χ1v) is 7.54. The second-order valence-electron chi connectivity index (χ2n) is 4.99. The topological polar surface area (TPSA) is 119 Å². The summed E-state index contributed by atoms with van der Waals surface area (Å²) >= 11 is 1.51. The molecule has 4 rings (SSSR count). The molecule has 3 aliphatic rings. The number of fused-ring (bicyclic) bond motifs is 2. The Bertz CT molecular complexity index is 701. The second-order valence-corrected chi connectivity index (χ2v) is 6.10. The van der Waals surface area contributed by atoms with Crippen LogP contribution >= 0.6 is 11.8 Å². The van der Waals surface area contributed by atoms with Gasteiger partial charge in [-0.05, 0) is 10.4 Å². The van der Waals surface area contributed by atoms with Crippen molar-refractivity contribution in [2.75, 3.05) is 12.4 Å². The van der Waals surface area contributed by atoms with Crippen LogP contribution in [0.5, 0.6) is 0 Å². The number of rotatable bonds is 3. The van der Waals surface area contributed by atoms with Gasteiger partial charge < -0.3 is 10.1 Å². The zero-order valence-electron chi connectivity index (χ0n) is 11.1. The number of ether oxygens (including phenoxy) is 1. The molecule has 2 amide bonds. The van der Waals surface area contributed by atoms with Crippen molar-refractivity contribution >= 4 is 29.5 Å². The molecule has 0 spiro atoms. The third-order valence-electron chi connectivity index (χ3n) is 3.63. The van der Waals surface area contributed by atoms with Crippen molar-refractivity contribution in [1.82, 2.24) is 30.4 Å². The van der Waals surface area contributed by atoms with Gasteiger partial charge in [-0.15, -0.1) is 16.9 Å². The molecule has 10 nitrogen and oxygen atoms in total. The lowest BCUT2D eigenvalue weighted by molar-refractivity contribution is -0.150. The lowest BCUT2D eigenvalue weighted by atomic mass is 10.0. The molecule has 114 valence electrons. The van der Waals surface area contributed by atoms with E-state index in [1.165, 1.54) is 27.7 Å². The van der Waals surface area contributed by atoms with E-state index in [2.05, 4.69) is 20.8 Å². The second kappa shape index (κ2) is 4.80. The van der Waals surface area contributed by atoms with E-state index >= 15 is 0 Å². The van der Waals surface area contributed by atoms with Gasteiger partial charge in [0, 0.05) is 11.3 Å². The Kier molecular flexibility index (Phi) is 2.89. The van der Waals surface area contributed by atoms with E-state index in [4.69, 9.17) is 4.74 Å². The molecule has 0 saturated carbocycles. The predicted octanol–water partition coefficient (Wildman–Crippen LogP) is -2.12. The Morgan fingerprint density at radius 3 is 3.14 bits per heavy atom. The minimum absolute atomic E-state index is 0.0653. The van der Waals surface area contributed by atoms with Crippen molar-refractivity contribution < 1.29 is 19.1 Å². The summed E-state index contributed by atoms with van der Waals surface area (Å²) in [6.07, 6.45) is 1.31. The van der Waals surface area contributed by atoms with Gasteiger partial charge in [-0.25, -0.2) is 9.48 Å². The molecule has 0 radical (unpaired) electrons. The number of esters is 1. The van der Waals surface area contributed by atoms with Gasteiger partial charge in [0.2, 0.25) is 5.91 Å². The number of carbonyl (C=O) groups is 3. The van der Waals surface area contributed by atoms with E-state index in [9.17, 15) is 14.4 Å². The lowest BCUT2D eigenvalue weighted by Crippen LogP contribution is -2.70. The van der Waals surface area contributed by atoms with Crippen molar-refractivity contribution in [3.63, 3.8) is 0 Å². The maximum absolute atomic E-state index is 12.2. The first-order chi connectivity index (χ1) is 10.6. The number of hydrogen-bond acceptors (Lipinski definition) is 8. The number of aromatic nitrogens is 4. The zero-order chi connectivity index (χ0) is 15.3. The number of nitrogens with one attached hydrogen (secondary N) is 1. The number of amides is 2. The summed E-state index contributed by atoms with van der Waals surface area (Å²) < 4.78 is 6.22. The highest BCUT2D eigenvalue weighted by Gasteiger charge is 2.55. The van der Waals surface area contributed by atoms with Crippen LogP contribution in [0.25, 0.3) is 0 Å². The van der Waals surface area contributed by atoms with Crippen molar-refractivity contribution in [3.8, 4) is 0 Å². The molecule has 0 unspecified atom stereocenters. The van der Waals surface area contributed by atoms with Gasteiger partial charge in [-0.2, -0.15) is 0 Å². The van der Waals surface area contributed by atoms with Crippen LogP contribution in [0.15, 0.2) is 17.6 Å². The summed E-state index contributed by atoms with van der Waals surface area (Å²) in [6, 6.07) is -0.642. The highest BCUT2D eigenvalue weighted by atomic mass is 32.2. The molecule has 4 heterocycles. The van der Waals surface area contributed by atoms with Gasteiger partial charge in [-0.3, -0.25) is 14.5 Å². The van der Waals surface area contributed by atoms with E-state index in [1.54, 1.807) is 0 Å². The normalized spacial score (nSPS) is 26.3. The summed E-state index contributed by atoms with van der Waals surface area (Å²) in [5, 5.41) is 12.8. The fourth-order valence-electron chi connectivity index (χ4n) is 2.62. The molecular formula is C11H10N6O4S. The summed E-state index contributed by atoms with van der Waals surface area (Å²) in [6.45, 7) is 0.179. The quantitative estimate of drug-likeness (QED) is 0.496. The van der Waals surface area contributed by atoms with Gasteiger partial charge in [0.15, 0.2) is 0 Å². The van der Waals surface area contributed by atoms with Gasteiger partial charge in [0.05, 0.1) is 0 Å². The molecule has 11 heteroatoms. The van der Waals surface area contributed by atoms with Crippen LogP contribution in [0.2, 0.25) is 0 Å². The van der Waals surface area contributed by atoms with Gasteiger partial charge >= 0.3 is 5.97 Å². The monoisotopic (exact) mass is 322 g/mol. The predicted molar refractivity (Wildman–Crippen MR) is 70.8 cm³/mol. The van der Waals surface area contributed by atoms with Crippen LogP contribution < -0.4 is 5.32 Å². The highest BCUT2D eigenvalue weighted by Crippen LogP contribution is 2.42.